The van der Waals surface area contributed by atoms with E-state index < -0.39 is 0 Å². The normalized spacial score (nSPS) is 12.6. The molecule has 0 fully saturated rings. The number of nitrogens with two attached hydrogens (primary N) is 1. The van der Waals surface area contributed by atoms with Crippen LogP contribution in [0.3, 0.4) is 0 Å². The second-order valence-corrected chi connectivity index (χ2v) is 5.77. The summed E-state index contributed by atoms with van der Waals surface area (Å²) in [6.07, 6.45) is 1.07. The molecule has 0 amide bonds. The first-order valence-electron chi connectivity index (χ1n) is 6.44. The van der Waals surface area contributed by atoms with E-state index in [9.17, 15) is 0 Å². The molecular formula is C15H20N2OS. The summed E-state index contributed by atoms with van der Waals surface area (Å²) in [5.74, 6) is 6.57. The van der Waals surface area contributed by atoms with E-state index in [-0.39, 0.29) is 12.1 Å². The van der Waals surface area contributed by atoms with Gasteiger partial charge in [-0.05, 0) is 43.0 Å². The SMILES string of the molecule is CC(C)Oc1cccc(C(Cc2cccs2)NN)c1. The van der Waals surface area contributed by atoms with Crippen LogP contribution in [0.2, 0.25) is 0 Å². The quantitative estimate of drug-likeness (QED) is 0.629. The first-order chi connectivity index (χ1) is 9.19. The lowest BCUT2D eigenvalue weighted by molar-refractivity contribution is 0.242. The van der Waals surface area contributed by atoms with Gasteiger partial charge < -0.3 is 4.74 Å². The smallest absolute Gasteiger partial charge is 0.120 e. The Balaban J connectivity index is 2.13. The molecule has 0 aliphatic heterocycles. The highest BCUT2D eigenvalue weighted by atomic mass is 32.1. The van der Waals surface area contributed by atoms with Crippen LogP contribution in [0.4, 0.5) is 0 Å². The van der Waals surface area contributed by atoms with E-state index in [0.717, 1.165) is 17.7 Å². The van der Waals surface area contributed by atoms with Crippen LogP contribution in [0.5, 0.6) is 5.75 Å². The Labute approximate surface area is 118 Å². The Morgan fingerprint density at radius 3 is 2.74 bits per heavy atom. The highest BCUT2D eigenvalue weighted by Gasteiger charge is 2.12. The first-order valence-corrected chi connectivity index (χ1v) is 7.32. The van der Waals surface area contributed by atoms with Crippen molar-refractivity contribution in [1.82, 2.24) is 5.43 Å². The average Bonchev–Trinajstić information content (AvgIpc) is 2.88. The summed E-state index contributed by atoms with van der Waals surface area (Å²) in [4.78, 5) is 1.32. The molecule has 2 aromatic rings. The van der Waals surface area contributed by atoms with Gasteiger partial charge in [0.05, 0.1) is 12.1 Å². The topological polar surface area (TPSA) is 47.3 Å². The molecule has 102 valence electrons. The van der Waals surface area contributed by atoms with Gasteiger partial charge in [0.2, 0.25) is 0 Å². The number of hydrogen-bond donors (Lipinski definition) is 2. The molecule has 19 heavy (non-hydrogen) atoms. The third kappa shape index (κ3) is 4.06. The zero-order valence-electron chi connectivity index (χ0n) is 11.3. The maximum atomic E-state index is 5.72. The fourth-order valence-corrected chi connectivity index (χ4v) is 2.73. The van der Waals surface area contributed by atoms with Gasteiger partial charge in [0.1, 0.15) is 5.75 Å². The summed E-state index contributed by atoms with van der Waals surface area (Å²) < 4.78 is 5.72. The Kier molecular flexibility index (Phi) is 4.96. The molecule has 2 rings (SSSR count). The highest BCUT2D eigenvalue weighted by Crippen LogP contribution is 2.24. The van der Waals surface area contributed by atoms with E-state index in [1.54, 1.807) is 11.3 Å². The Morgan fingerprint density at radius 2 is 2.11 bits per heavy atom. The Bertz CT molecular complexity index is 497. The van der Waals surface area contributed by atoms with E-state index >= 15 is 0 Å². The lowest BCUT2D eigenvalue weighted by Crippen LogP contribution is -2.29. The third-order valence-corrected chi connectivity index (χ3v) is 3.72. The van der Waals surface area contributed by atoms with Crippen molar-refractivity contribution in [2.45, 2.75) is 32.4 Å². The van der Waals surface area contributed by atoms with Crippen molar-refractivity contribution in [1.29, 1.82) is 0 Å². The number of thiophene rings is 1. The molecule has 3 N–H and O–H groups in total. The zero-order valence-corrected chi connectivity index (χ0v) is 12.1. The van der Waals surface area contributed by atoms with Gasteiger partial charge in [0.15, 0.2) is 0 Å². The number of hydrazine groups is 1. The van der Waals surface area contributed by atoms with Crippen molar-refractivity contribution < 1.29 is 4.74 Å². The Morgan fingerprint density at radius 1 is 1.26 bits per heavy atom. The van der Waals surface area contributed by atoms with E-state index in [1.165, 1.54) is 4.88 Å². The minimum Gasteiger partial charge on any atom is -0.491 e. The van der Waals surface area contributed by atoms with Crippen molar-refractivity contribution in [3.05, 3.63) is 52.2 Å². The van der Waals surface area contributed by atoms with Crippen LogP contribution in [0.25, 0.3) is 0 Å². The second kappa shape index (κ2) is 6.70. The van der Waals surface area contributed by atoms with Crippen LogP contribution >= 0.6 is 11.3 Å². The molecule has 3 nitrogen and oxygen atoms in total. The summed E-state index contributed by atoms with van der Waals surface area (Å²) in [7, 11) is 0. The predicted octanol–water partition coefficient (Wildman–Crippen LogP) is 3.28. The fourth-order valence-electron chi connectivity index (χ4n) is 1.98. The minimum atomic E-state index is 0.106. The van der Waals surface area contributed by atoms with Gasteiger partial charge >= 0.3 is 0 Å². The predicted molar refractivity (Wildman–Crippen MR) is 80.3 cm³/mol. The monoisotopic (exact) mass is 276 g/mol. The van der Waals surface area contributed by atoms with E-state index in [1.807, 2.05) is 26.0 Å². The number of nitrogens with one attached hydrogen (secondary N) is 1. The van der Waals surface area contributed by atoms with E-state index in [2.05, 4.69) is 35.1 Å². The van der Waals surface area contributed by atoms with Gasteiger partial charge in [-0.2, -0.15) is 0 Å². The van der Waals surface area contributed by atoms with Crippen LogP contribution < -0.4 is 16.0 Å². The molecule has 0 aliphatic carbocycles. The van der Waals surface area contributed by atoms with Crippen molar-refractivity contribution in [3.63, 3.8) is 0 Å². The lowest BCUT2D eigenvalue weighted by Gasteiger charge is -2.17. The molecule has 0 saturated carbocycles. The van der Waals surface area contributed by atoms with Crippen LogP contribution in [0.15, 0.2) is 41.8 Å². The van der Waals surface area contributed by atoms with Gasteiger partial charge in [0, 0.05) is 11.3 Å². The number of ether oxygens (including phenoxy) is 1. The van der Waals surface area contributed by atoms with E-state index in [0.29, 0.717) is 0 Å². The summed E-state index contributed by atoms with van der Waals surface area (Å²) >= 11 is 1.75. The Hall–Kier alpha value is -1.36. The van der Waals surface area contributed by atoms with Crippen molar-refractivity contribution in [2.24, 2.45) is 5.84 Å². The van der Waals surface area contributed by atoms with Gasteiger partial charge in [-0.3, -0.25) is 11.3 Å². The molecule has 0 spiro atoms. The lowest BCUT2D eigenvalue weighted by atomic mass is 10.0. The second-order valence-electron chi connectivity index (χ2n) is 4.74. The molecule has 0 saturated heterocycles. The molecule has 4 heteroatoms. The van der Waals surface area contributed by atoms with Crippen LogP contribution in [0.1, 0.15) is 30.3 Å². The van der Waals surface area contributed by atoms with Gasteiger partial charge in [-0.1, -0.05) is 18.2 Å². The number of benzene rings is 1. The summed E-state index contributed by atoms with van der Waals surface area (Å²) in [5.41, 5.74) is 4.04. The number of rotatable bonds is 6. The van der Waals surface area contributed by atoms with Gasteiger partial charge in [-0.25, -0.2) is 0 Å². The van der Waals surface area contributed by atoms with Crippen molar-refractivity contribution in [2.75, 3.05) is 0 Å². The molecule has 1 unspecified atom stereocenters. The highest BCUT2D eigenvalue weighted by molar-refractivity contribution is 7.09. The summed E-state index contributed by atoms with van der Waals surface area (Å²) in [6, 6.07) is 12.4. The molecule has 1 aromatic carbocycles. The summed E-state index contributed by atoms with van der Waals surface area (Å²) in [6.45, 7) is 4.05. The standard InChI is InChI=1S/C15H20N2OS/c1-11(2)18-13-6-3-5-12(9-13)15(17-16)10-14-7-4-8-19-14/h3-9,11,15,17H,10,16H2,1-2H3. The minimum absolute atomic E-state index is 0.106. The van der Waals surface area contributed by atoms with Crippen molar-refractivity contribution in [3.8, 4) is 5.75 Å². The van der Waals surface area contributed by atoms with Crippen molar-refractivity contribution >= 4 is 11.3 Å². The zero-order chi connectivity index (χ0) is 13.7. The molecule has 1 atom stereocenters. The van der Waals surface area contributed by atoms with Crippen LogP contribution in [-0.2, 0) is 6.42 Å². The first kappa shape index (κ1) is 14.1. The molecule has 0 aliphatic rings. The van der Waals surface area contributed by atoms with Crippen LogP contribution in [-0.4, -0.2) is 6.10 Å². The summed E-state index contributed by atoms with van der Waals surface area (Å²) in [5, 5.41) is 2.08. The van der Waals surface area contributed by atoms with Gasteiger partial charge in [0.25, 0.3) is 0 Å². The molecule has 1 aromatic heterocycles. The molecule has 1 heterocycles. The maximum Gasteiger partial charge on any atom is 0.120 e. The van der Waals surface area contributed by atoms with E-state index in [4.69, 9.17) is 10.6 Å². The third-order valence-electron chi connectivity index (χ3n) is 2.82. The number of hydrogen-bond acceptors (Lipinski definition) is 4. The largest absolute Gasteiger partial charge is 0.491 e. The average molecular weight is 276 g/mol. The van der Waals surface area contributed by atoms with Gasteiger partial charge in [-0.15, -0.1) is 11.3 Å². The molecule has 0 bridgehead atoms. The fraction of sp³-hybridized carbons (Fsp3) is 0.333. The maximum absolute atomic E-state index is 5.72. The van der Waals surface area contributed by atoms with Crippen LogP contribution in [0, 0.1) is 0 Å². The molecule has 0 radical (unpaired) electrons. The molecular weight excluding hydrogens is 256 g/mol.